The molecule has 0 bridgehead atoms. The fourth-order valence-electron chi connectivity index (χ4n) is 1.77. The smallest absolute Gasteiger partial charge is 0.249 e. The van der Waals surface area contributed by atoms with Crippen molar-refractivity contribution in [2.75, 3.05) is 12.4 Å². The van der Waals surface area contributed by atoms with E-state index in [4.69, 9.17) is 21.6 Å². The van der Waals surface area contributed by atoms with Crippen molar-refractivity contribution in [2.24, 2.45) is 5.92 Å². The molecule has 1 amide bonds. The number of carbonyl (C=O) groups is 2. The number of hydrogen-bond acceptors (Lipinski definition) is 5. The predicted molar refractivity (Wildman–Crippen MR) is 84.4 cm³/mol. The second-order valence-corrected chi connectivity index (χ2v) is 5.46. The maximum Gasteiger partial charge on any atom is 0.249 e. The first kappa shape index (κ1) is 16.0. The predicted octanol–water partition coefficient (Wildman–Crippen LogP) is 3.37. The highest BCUT2D eigenvalue weighted by molar-refractivity contribution is 7.08. The van der Waals surface area contributed by atoms with E-state index in [2.05, 4.69) is 5.32 Å². The van der Waals surface area contributed by atoms with Crippen LogP contribution in [-0.2, 0) is 4.79 Å². The number of nitrogens with zero attached hydrogens (tertiary/aromatic N) is 1. The van der Waals surface area contributed by atoms with Crippen molar-refractivity contribution < 1.29 is 14.3 Å². The van der Waals surface area contributed by atoms with Gasteiger partial charge in [-0.15, -0.1) is 0 Å². The lowest BCUT2D eigenvalue weighted by Gasteiger charge is -2.10. The van der Waals surface area contributed by atoms with Crippen LogP contribution in [0.25, 0.3) is 0 Å². The summed E-state index contributed by atoms with van der Waals surface area (Å²) in [6.07, 6.45) is 0. The monoisotopic (exact) mass is 334 g/mol. The van der Waals surface area contributed by atoms with Crippen LogP contribution in [0.5, 0.6) is 5.75 Å². The second kappa shape index (κ2) is 7.07. The minimum absolute atomic E-state index is 0.318. The van der Waals surface area contributed by atoms with Crippen molar-refractivity contribution in [2.45, 2.75) is 0 Å². The Labute approximate surface area is 136 Å². The Morgan fingerprint density at radius 3 is 2.73 bits per heavy atom. The first-order chi connectivity index (χ1) is 10.6. The van der Waals surface area contributed by atoms with E-state index in [-0.39, 0.29) is 0 Å². The zero-order valence-electron chi connectivity index (χ0n) is 11.5. The van der Waals surface area contributed by atoms with Crippen molar-refractivity contribution in [3.05, 3.63) is 45.6 Å². The summed E-state index contributed by atoms with van der Waals surface area (Å²) in [5.74, 6) is -2.16. The van der Waals surface area contributed by atoms with Crippen LogP contribution in [0.3, 0.4) is 0 Å². The van der Waals surface area contributed by atoms with Crippen LogP contribution < -0.4 is 10.1 Å². The number of methoxy groups -OCH3 is 1. The SMILES string of the molecule is COc1ccc(NC(=O)C(C#N)C(=O)c2ccsc2)cc1Cl. The molecular weight excluding hydrogens is 324 g/mol. The largest absolute Gasteiger partial charge is 0.495 e. The van der Waals surface area contributed by atoms with E-state index in [1.54, 1.807) is 35.0 Å². The number of ether oxygens (including phenoxy) is 1. The van der Waals surface area contributed by atoms with Gasteiger partial charge in [-0.2, -0.15) is 16.6 Å². The second-order valence-electron chi connectivity index (χ2n) is 4.28. The Morgan fingerprint density at radius 2 is 2.18 bits per heavy atom. The number of thiophene rings is 1. The molecule has 5 nitrogen and oxygen atoms in total. The molecule has 1 unspecified atom stereocenters. The highest BCUT2D eigenvalue weighted by Gasteiger charge is 2.28. The molecular formula is C15H11ClN2O3S. The number of hydrogen-bond donors (Lipinski definition) is 1. The number of carbonyl (C=O) groups excluding carboxylic acids is 2. The van der Waals surface area contributed by atoms with Crippen LogP contribution in [0, 0.1) is 17.2 Å². The molecule has 0 saturated heterocycles. The van der Waals surface area contributed by atoms with E-state index in [0.29, 0.717) is 22.0 Å². The first-order valence-electron chi connectivity index (χ1n) is 6.17. The van der Waals surface area contributed by atoms with Crippen molar-refractivity contribution in [3.63, 3.8) is 0 Å². The number of nitrogens with one attached hydrogen (secondary N) is 1. The number of halogens is 1. The molecule has 7 heteroatoms. The molecule has 1 aromatic carbocycles. The third kappa shape index (κ3) is 3.45. The van der Waals surface area contributed by atoms with Crippen molar-refractivity contribution in [3.8, 4) is 11.8 Å². The summed E-state index contributed by atoms with van der Waals surface area (Å²) >= 11 is 7.29. The van der Waals surface area contributed by atoms with Crippen molar-refractivity contribution in [1.82, 2.24) is 0 Å². The number of amides is 1. The Balaban J connectivity index is 2.15. The standard InChI is InChI=1S/C15H11ClN2O3S/c1-21-13-3-2-10(6-12(13)16)18-15(20)11(7-17)14(19)9-4-5-22-8-9/h2-6,8,11H,1H3,(H,18,20). The van der Waals surface area contributed by atoms with Crippen LogP contribution in [0.15, 0.2) is 35.0 Å². The number of nitriles is 1. The van der Waals surface area contributed by atoms with Gasteiger partial charge in [-0.05, 0) is 29.6 Å². The maximum absolute atomic E-state index is 12.1. The molecule has 0 aliphatic carbocycles. The van der Waals surface area contributed by atoms with Gasteiger partial charge in [0, 0.05) is 16.6 Å². The number of benzene rings is 1. The molecule has 22 heavy (non-hydrogen) atoms. The zero-order valence-corrected chi connectivity index (χ0v) is 13.1. The highest BCUT2D eigenvalue weighted by Crippen LogP contribution is 2.27. The van der Waals surface area contributed by atoms with Crippen LogP contribution in [0.4, 0.5) is 5.69 Å². The lowest BCUT2D eigenvalue weighted by molar-refractivity contribution is -0.117. The minimum atomic E-state index is -1.41. The van der Waals surface area contributed by atoms with Crippen molar-refractivity contribution in [1.29, 1.82) is 5.26 Å². The quantitative estimate of drug-likeness (QED) is 0.671. The number of anilines is 1. The number of Topliss-reactive ketones (excluding diaryl/α,β-unsaturated/α-hetero) is 1. The molecule has 1 N–H and O–H groups in total. The maximum atomic E-state index is 12.1. The van der Waals surface area contributed by atoms with E-state index in [1.165, 1.54) is 24.5 Å². The summed E-state index contributed by atoms with van der Waals surface area (Å²) in [7, 11) is 1.48. The zero-order chi connectivity index (χ0) is 16.1. The van der Waals surface area contributed by atoms with E-state index < -0.39 is 17.6 Å². The van der Waals surface area contributed by atoms with Gasteiger partial charge in [0.2, 0.25) is 5.91 Å². The fourth-order valence-corrected chi connectivity index (χ4v) is 2.67. The molecule has 0 aliphatic heterocycles. The van der Waals surface area contributed by atoms with E-state index in [0.717, 1.165) is 0 Å². The van der Waals surface area contributed by atoms with Gasteiger partial charge in [-0.25, -0.2) is 0 Å². The summed E-state index contributed by atoms with van der Waals surface area (Å²) in [6, 6.07) is 7.96. The van der Waals surface area contributed by atoms with Gasteiger partial charge < -0.3 is 10.1 Å². The summed E-state index contributed by atoms with van der Waals surface area (Å²) < 4.78 is 5.01. The van der Waals surface area contributed by atoms with Gasteiger partial charge >= 0.3 is 0 Å². The van der Waals surface area contributed by atoms with Crippen molar-refractivity contribution >= 4 is 40.3 Å². The Bertz CT molecular complexity index is 738. The third-order valence-electron chi connectivity index (χ3n) is 2.88. The molecule has 2 rings (SSSR count). The van der Waals surface area contributed by atoms with Gasteiger partial charge in [-0.3, -0.25) is 9.59 Å². The Morgan fingerprint density at radius 1 is 1.41 bits per heavy atom. The van der Waals surface area contributed by atoms with Gasteiger partial charge in [-0.1, -0.05) is 11.6 Å². The summed E-state index contributed by atoms with van der Waals surface area (Å²) in [6.45, 7) is 0. The molecule has 0 spiro atoms. The molecule has 1 atom stereocenters. The van der Waals surface area contributed by atoms with Gasteiger partial charge in [0.25, 0.3) is 0 Å². The lowest BCUT2D eigenvalue weighted by atomic mass is 10.0. The molecule has 112 valence electrons. The lowest BCUT2D eigenvalue weighted by Crippen LogP contribution is -2.28. The molecule has 0 fully saturated rings. The average molecular weight is 335 g/mol. The molecule has 2 aromatic rings. The molecule has 1 aromatic heterocycles. The van der Waals surface area contributed by atoms with Gasteiger partial charge in [0.1, 0.15) is 5.75 Å². The number of rotatable bonds is 5. The topological polar surface area (TPSA) is 79.2 Å². The first-order valence-corrected chi connectivity index (χ1v) is 7.49. The molecule has 0 aliphatic rings. The van der Waals surface area contributed by atoms with Crippen LogP contribution >= 0.6 is 22.9 Å². The van der Waals surface area contributed by atoms with Gasteiger partial charge in [0.15, 0.2) is 11.7 Å². The molecule has 1 heterocycles. The summed E-state index contributed by atoms with van der Waals surface area (Å²) in [5.41, 5.74) is 0.730. The minimum Gasteiger partial charge on any atom is -0.495 e. The van der Waals surface area contributed by atoms with Gasteiger partial charge in [0.05, 0.1) is 18.2 Å². The van der Waals surface area contributed by atoms with Crippen LogP contribution in [-0.4, -0.2) is 18.8 Å². The summed E-state index contributed by atoms with van der Waals surface area (Å²) in [4.78, 5) is 24.2. The van der Waals surface area contributed by atoms with Crippen LogP contribution in [0.2, 0.25) is 5.02 Å². The van der Waals surface area contributed by atoms with E-state index >= 15 is 0 Å². The molecule has 0 saturated carbocycles. The number of ketones is 1. The van der Waals surface area contributed by atoms with E-state index in [1.807, 2.05) is 0 Å². The van der Waals surface area contributed by atoms with E-state index in [9.17, 15) is 9.59 Å². The molecule has 0 radical (unpaired) electrons. The van der Waals surface area contributed by atoms with Crippen LogP contribution in [0.1, 0.15) is 10.4 Å². The normalized spacial score (nSPS) is 11.3. The Kier molecular flexibility index (Phi) is 5.15. The third-order valence-corrected chi connectivity index (χ3v) is 3.86. The average Bonchev–Trinajstić information content (AvgIpc) is 3.02. The Hall–Kier alpha value is -2.36. The fraction of sp³-hybridized carbons (Fsp3) is 0.133. The highest BCUT2D eigenvalue weighted by atomic mass is 35.5. The summed E-state index contributed by atoms with van der Waals surface area (Å²) in [5, 5.41) is 15.2.